The van der Waals surface area contributed by atoms with Crippen LogP contribution in [-0.2, 0) is 51.1 Å². The quantitative estimate of drug-likeness (QED) is 0.853. The van der Waals surface area contributed by atoms with Gasteiger partial charge in [-0.3, -0.25) is 11.2 Å². The molecule has 0 aliphatic carbocycles. The van der Waals surface area contributed by atoms with Crippen molar-refractivity contribution in [2.24, 2.45) is 7.05 Å². The summed E-state index contributed by atoms with van der Waals surface area (Å²) in [5.74, 6) is -0.870. The maximum absolute atomic E-state index is 9.31. The second-order valence-corrected chi connectivity index (χ2v) is 4.94. The molecule has 113 valence electrons. The number of hydrogen-bond acceptors (Lipinski definition) is 2. The van der Waals surface area contributed by atoms with E-state index >= 15 is 0 Å². The molecular formula is C16H22N2O2Y-2. The molecule has 0 fully saturated rings. The number of aromatic nitrogens is 1. The zero-order valence-corrected chi connectivity index (χ0v) is 16.2. The summed E-state index contributed by atoms with van der Waals surface area (Å²) in [7, 11) is 6.33. The van der Waals surface area contributed by atoms with Crippen LogP contribution in [0.3, 0.4) is 0 Å². The molecule has 1 aromatic heterocycles. The smallest absolute Gasteiger partial charge is 0.163 e. The Hall–Kier alpha value is -0.836. The predicted molar refractivity (Wildman–Crippen MR) is 81.5 cm³/mol. The molecule has 0 spiro atoms. The fourth-order valence-electron chi connectivity index (χ4n) is 2.09. The SMILES string of the molecule is C[CH-]C(=O)O.Cc1c(CN(C)C)n(C)c2c[c-]ccc12.[Y]. The molecule has 1 N–H and O–H groups in total. The van der Waals surface area contributed by atoms with Crippen molar-refractivity contribution in [1.29, 1.82) is 0 Å². The van der Waals surface area contributed by atoms with Gasteiger partial charge in [0.2, 0.25) is 0 Å². The topological polar surface area (TPSA) is 45.5 Å². The normalized spacial score (nSPS) is 9.81. The summed E-state index contributed by atoms with van der Waals surface area (Å²) in [4.78, 5) is 11.5. The first-order chi connectivity index (χ1) is 9.38. The van der Waals surface area contributed by atoms with Gasteiger partial charge in [-0.05, 0) is 33.6 Å². The molecule has 0 aliphatic rings. The van der Waals surface area contributed by atoms with Crippen LogP contribution in [0.15, 0.2) is 18.2 Å². The fraction of sp³-hybridized carbons (Fsp3) is 0.375. The number of carboxylic acids is 1. The van der Waals surface area contributed by atoms with E-state index in [-0.39, 0.29) is 32.7 Å². The summed E-state index contributed by atoms with van der Waals surface area (Å²) < 4.78 is 2.27. The van der Waals surface area contributed by atoms with Crippen molar-refractivity contribution >= 4 is 16.9 Å². The standard InChI is InChI=1S/C13H17N2.C3H5O2.Y/c1-10-11-7-5-6-8-12(11)15(4)13(10)9-14(2)3;1-2-3(4)5;/h5,7-8H,9H2,1-4H3;2H,1H3,(H,4,5);/q2*-1;. The van der Waals surface area contributed by atoms with Gasteiger partial charge in [-0.25, -0.2) is 0 Å². The van der Waals surface area contributed by atoms with Crippen LogP contribution in [0.1, 0.15) is 18.2 Å². The van der Waals surface area contributed by atoms with Crippen molar-refractivity contribution in [3.63, 3.8) is 0 Å². The third-order valence-corrected chi connectivity index (χ3v) is 3.16. The summed E-state index contributed by atoms with van der Waals surface area (Å²) in [5.41, 5.74) is 4.04. The molecule has 0 aliphatic heterocycles. The number of benzene rings is 1. The molecule has 1 radical (unpaired) electrons. The van der Waals surface area contributed by atoms with Gasteiger partial charge in [-0.15, -0.1) is 5.39 Å². The van der Waals surface area contributed by atoms with Crippen LogP contribution in [0.25, 0.3) is 10.9 Å². The van der Waals surface area contributed by atoms with Crippen LogP contribution < -0.4 is 0 Å². The van der Waals surface area contributed by atoms with Crippen LogP contribution in [0.4, 0.5) is 0 Å². The Morgan fingerprint density at radius 1 is 1.48 bits per heavy atom. The van der Waals surface area contributed by atoms with E-state index in [2.05, 4.69) is 55.7 Å². The molecule has 1 aromatic carbocycles. The predicted octanol–water partition coefficient (Wildman–Crippen LogP) is 2.64. The molecule has 2 aromatic rings. The number of nitrogens with zero attached hydrogens (tertiary/aromatic N) is 2. The maximum Gasteiger partial charge on any atom is 0.163 e. The van der Waals surface area contributed by atoms with E-state index in [9.17, 15) is 4.79 Å². The average molecular weight is 363 g/mol. The Morgan fingerprint density at radius 3 is 2.48 bits per heavy atom. The fourth-order valence-corrected chi connectivity index (χ4v) is 2.09. The van der Waals surface area contributed by atoms with E-state index in [1.54, 1.807) is 0 Å². The molecule has 0 saturated heterocycles. The number of carbonyl (C=O) groups is 1. The first-order valence-electron chi connectivity index (χ1n) is 6.49. The van der Waals surface area contributed by atoms with Gasteiger partial charge in [0, 0.05) is 44.9 Å². The maximum atomic E-state index is 9.31. The first kappa shape index (κ1) is 20.2. The van der Waals surface area contributed by atoms with Crippen molar-refractivity contribution in [3.8, 4) is 0 Å². The Morgan fingerprint density at radius 2 is 2.05 bits per heavy atom. The van der Waals surface area contributed by atoms with Gasteiger partial charge < -0.3 is 14.6 Å². The second-order valence-electron chi connectivity index (χ2n) is 4.94. The number of hydrogen-bond donors (Lipinski definition) is 1. The average Bonchev–Trinajstić information content (AvgIpc) is 2.65. The van der Waals surface area contributed by atoms with E-state index in [4.69, 9.17) is 5.11 Å². The number of aryl methyl sites for hydroxylation is 2. The van der Waals surface area contributed by atoms with Gasteiger partial charge in [0.05, 0.1) is 0 Å². The molecule has 0 bridgehead atoms. The van der Waals surface area contributed by atoms with E-state index in [1.807, 2.05) is 6.07 Å². The van der Waals surface area contributed by atoms with E-state index in [1.165, 1.54) is 29.1 Å². The minimum atomic E-state index is -0.870. The molecule has 5 heteroatoms. The molecular weight excluding hydrogens is 341 g/mol. The van der Waals surface area contributed by atoms with Crippen molar-refractivity contribution in [1.82, 2.24) is 9.47 Å². The molecule has 0 amide bonds. The third-order valence-electron chi connectivity index (χ3n) is 3.16. The number of carboxylic acid groups (broad SMARTS) is 1. The molecule has 0 saturated carbocycles. The van der Waals surface area contributed by atoms with E-state index in [0.29, 0.717) is 0 Å². The largest absolute Gasteiger partial charge is 0.503 e. The zero-order valence-electron chi connectivity index (χ0n) is 13.3. The van der Waals surface area contributed by atoms with Gasteiger partial charge in [-0.2, -0.15) is 31.2 Å². The zero-order chi connectivity index (χ0) is 15.3. The molecule has 0 atom stereocenters. The van der Waals surface area contributed by atoms with E-state index in [0.717, 1.165) is 13.0 Å². The van der Waals surface area contributed by atoms with Gasteiger partial charge in [0.25, 0.3) is 0 Å². The number of fused-ring (bicyclic) bond motifs is 1. The Balaban J connectivity index is 0.000000583. The monoisotopic (exact) mass is 363 g/mol. The minimum absolute atomic E-state index is 0. The van der Waals surface area contributed by atoms with E-state index < -0.39 is 5.97 Å². The summed E-state index contributed by atoms with van der Waals surface area (Å²) in [6, 6.07) is 9.32. The second kappa shape index (κ2) is 9.24. The van der Waals surface area contributed by atoms with Crippen LogP contribution in [0.2, 0.25) is 0 Å². The van der Waals surface area contributed by atoms with Crippen LogP contribution in [-0.4, -0.2) is 34.6 Å². The summed E-state index contributed by atoms with van der Waals surface area (Å²) in [6.07, 6.45) is 1.08. The minimum Gasteiger partial charge on any atom is -0.503 e. The third kappa shape index (κ3) is 5.46. The first-order valence-corrected chi connectivity index (χ1v) is 6.49. The summed E-state index contributed by atoms with van der Waals surface area (Å²) in [6.45, 7) is 4.65. The molecule has 21 heavy (non-hydrogen) atoms. The van der Waals surface area contributed by atoms with Gasteiger partial charge in [0.1, 0.15) is 0 Å². The van der Waals surface area contributed by atoms with Crippen molar-refractivity contribution < 1.29 is 42.6 Å². The van der Waals surface area contributed by atoms with Gasteiger partial charge >= 0.3 is 0 Å². The van der Waals surface area contributed by atoms with Crippen LogP contribution in [0, 0.1) is 19.4 Å². The van der Waals surface area contributed by atoms with Crippen molar-refractivity contribution in [3.05, 3.63) is 41.9 Å². The summed E-state index contributed by atoms with van der Waals surface area (Å²) >= 11 is 0. The van der Waals surface area contributed by atoms with Crippen molar-refractivity contribution in [2.75, 3.05) is 14.1 Å². The molecule has 1 heterocycles. The number of rotatable bonds is 3. The van der Waals surface area contributed by atoms with Gasteiger partial charge in [-0.1, -0.05) is 5.52 Å². The van der Waals surface area contributed by atoms with Crippen LogP contribution in [0.5, 0.6) is 0 Å². The molecule has 4 nitrogen and oxygen atoms in total. The Labute approximate surface area is 152 Å². The molecule has 2 rings (SSSR count). The molecule has 0 unspecified atom stereocenters. The summed E-state index contributed by atoms with van der Waals surface area (Å²) in [5, 5.41) is 9.01. The van der Waals surface area contributed by atoms with Gasteiger partial charge in [0.15, 0.2) is 5.97 Å². The Bertz CT molecular complexity index is 552. The van der Waals surface area contributed by atoms with Crippen molar-refractivity contribution in [2.45, 2.75) is 20.4 Å². The van der Waals surface area contributed by atoms with Crippen LogP contribution >= 0.6 is 0 Å². The Kier molecular flexibility index (Phi) is 8.87. The number of aliphatic carboxylic acids is 1.